The summed E-state index contributed by atoms with van der Waals surface area (Å²) in [6.07, 6.45) is 0.179. The van der Waals surface area contributed by atoms with Gasteiger partial charge in [0.2, 0.25) is 0 Å². The first-order chi connectivity index (χ1) is 12.2. The zero-order valence-corrected chi connectivity index (χ0v) is 14.3. The third-order valence-corrected chi connectivity index (χ3v) is 3.95. The molecule has 6 nitrogen and oxygen atoms in total. The quantitative estimate of drug-likeness (QED) is 0.813. The van der Waals surface area contributed by atoms with Gasteiger partial charge < -0.3 is 20.1 Å². The van der Waals surface area contributed by atoms with Crippen LogP contribution >= 0.6 is 0 Å². The fourth-order valence-corrected chi connectivity index (χ4v) is 2.57. The molecule has 1 aliphatic heterocycles. The summed E-state index contributed by atoms with van der Waals surface area (Å²) in [4.78, 5) is 13.4. The normalized spacial score (nSPS) is 14.6. The molecule has 1 saturated heterocycles. The zero-order chi connectivity index (χ0) is 17.5. The molecule has 0 aromatic heterocycles. The average Bonchev–Trinajstić information content (AvgIpc) is 2.61. The van der Waals surface area contributed by atoms with E-state index in [9.17, 15) is 4.79 Å². The predicted molar refractivity (Wildman–Crippen MR) is 96.6 cm³/mol. The Bertz CT molecular complexity index is 670. The van der Waals surface area contributed by atoms with Crippen molar-refractivity contribution in [2.75, 3.05) is 32.2 Å². The number of nitrogens with zero attached hydrogens (tertiary/aromatic N) is 1. The Labute approximate surface area is 147 Å². The molecular formula is C19H23N3O3. The molecular weight excluding hydrogens is 318 g/mol. The van der Waals surface area contributed by atoms with Crippen LogP contribution in [0.15, 0.2) is 54.6 Å². The summed E-state index contributed by atoms with van der Waals surface area (Å²) in [5.74, 6) is 0.803. The van der Waals surface area contributed by atoms with Crippen LogP contribution in [0.2, 0.25) is 0 Å². The van der Waals surface area contributed by atoms with E-state index in [1.807, 2.05) is 42.5 Å². The topological polar surface area (TPSA) is 62.8 Å². The predicted octanol–water partition coefficient (Wildman–Crippen LogP) is 2.68. The van der Waals surface area contributed by atoms with Crippen LogP contribution in [-0.2, 0) is 11.3 Å². The fraction of sp³-hybridized carbons (Fsp3) is 0.316. The molecule has 3 rings (SSSR count). The molecule has 1 aliphatic rings. The van der Waals surface area contributed by atoms with Gasteiger partial charge in [0.1, 0.15) is 11.9 Å². The molecule has 1 heterocycles. The van der Waals surface area contributed by atoms with E-state index in [0.29, 0.717) is 13.3 Å². The van der Waals surface area contributed by atoms with Gasteiger partial charge in [-0.2, -0.15) is 0 Å². The van der Waals surface area contributed by atoms with Gasteiger partial charge in [-0.15, -0.1) is 0 Å². The number of likely N-dealkylation sites (tertiary alicyclic amines) is 1. The number of hydrogen-bond donors (Lipinski definition) is 2. The first-order valence-electron chi connectivity index (χ1n) is 8.32. The second kappa shape index (κ2) is 8.50. The maximum atomic E-state index is 11.2. The number of benzene rings is 2. The number of rotatable bonds is 7. The van der Waals surface area contributed by atoms with Gasteiger partial charge in [-0.3, -0.25) is 4.90 Å². The molecule has 0 spiro atoms. The van der Waals surface area contributed by atoms with Gasteiger partial charge >= 0.3 is 6.03 Å². The minimum absolute atomic E-state index is 0.179. The highest BCUT2D eigenvalue weighted by Gasteiger charge is 2.28. The Kier molecular flexibility index (Phi) is 5.87. The van der Waals surface area contributed by atoms with E-state index in [4.69, 9.17) is 9.47 Å². The molecule has 132 valence electrons. The van der Waals surface area contributed by atoms with Crippen molar-refractivity contribution in [1.29, 1.82) is 0 Å². The van der Waals surface area contributed by atoms with Crippen LogP contribution in [0.3, 0.4) is 0 Å². The first-order valence-corrected chi connectivity index (χ1v) is 8.32. The third kappa shape index (κ3) is 5.20. The molecule has 2 aromatic carbocycles. The summed E-state index contributed by atoms with van der Waals surface area (Å²) in [5, 5.41) is 5.23. The summed E-state index contributed by atoms with van der Waals surface area (Å²) in [7, 11) is 1.58. The molecule has 6 heteroatoms. The van der Waals surface area contributed by atoms with Crippen LogP contribution in [0, 0.1) is 0 Å². The van der Waals surface area contributed by atoms with Crippen molar-refractivity contribution in [3.8, 4) is 5.75 Å². The van der Waals surface area contributed by atoms with E-state index in [0.717, 1.165) is 24.5 Å². The highest BCUT2D eigenvalue weighted by molar-refractivity contribution is 5.88. The van der Waals surface area contributed by atoms with E-state index in [-0.39, 0.29) is 12.1 Å². The van der Waals surface area contributed by atoms with Crippen molar-refractivity contribution >= 4 is 11.7 Å². The van der Waals surface area contributed by atoms with Crippen molar-refractivity contribution in [3.05, 3.63) is 60.2 Å². The summed E-state index contributed by atoms with van der Waals surface area (Å²) >= 11 is 0. The van der Waals surface area contributed by atoms with Gasteiger partial charge in [-0.05, 0) is 29.8 Å². The summed E-state index contributed by atoms with van der Waals surface area (Å²) in [5.41, 5.74) is 1.91. The molecule has 1 fully saturated rings. The minimum Gasteiger partial charge on any atom is -0.488 e. The lowest BCUT2D eigenvalue weighted by atomic mass is 10.2. The van der Waals surface area contributed by atoms with Crippen molar-refractivity contribution in [3.63, 3.8) is 0 Å². The molecule has 0 atom stereocenters. The lowest BCUT2D eigenvalue weighted by molar-refractivity contribution is -0.0648. The summed E-state index contributed by atoms with van der Waals surface area (Å²) < 4.78 is 11.6. The van der Waals surface area contributed by atoms with Crippen molar-refractivity contribution in [1.82, 2.24) is 10.2 Å². The number of anilines is 1. The van der Waals surface area contributed by atoms with Crippen LogP contribution in [-0.4, -0.2) is 43.9 Å². The summed E-state index contributed by atoms with van der Waals surface area (Å²) in [6, 6.07) is 17.3. The van der Waals surface area contributed by atoms with Crippen LogP contribution < -0.4 is 15.4 Å². The molecule has 2 N–H and O–H groups in total. The zero-order valence-electron chi connectivity index (χ0n) is 14.3. The highest BCUT2D eigenvalue weighted by atomic mass is 16.5. The second-order valence-corrected chi connectivity index (χ2v) is 5.97. The molecule has 0 aliphatic carbocycles. The molecule has 0 radical (unpaired) electrons. The molecule has 25 heavy (non-hydrogen) atoms. The molecule has 0 saturated carbocycles. The van der Waals surface area contributed by atoms with Crippen molar-refractivity contribution < 1.29 is 14.3 Å². The van der Waals surface area contributed by atoms with E-state index < -0.39 is 0 Å². The maximum absolute atomic E-state index is 11.2. The Morgan fingerprint density at radius 2 is 1.84 bits per heavy atom. The monoisotopic (exact) mass is 341 g/mol. The Morgan fingerprint density at radius 1 is 1.12 bits per heavy atom. The van der Waals surface area contributed by atoms with E-state index in [2.05, 4.69) is 27.7 Å². The van der Waals surface area contributed by atoms with E-state index >= 15 is 0 Å². The van der Waals surface area contributed by atoms with Gasteiger partial charge in [-0.25, -0.2) is 4.79 Å². The SMILES string of the molecule is CNC(=O)Nc1ccc(OC2CN(COCc3ccccc3)C2)cc1. The number of amides is 2. The third-order valence-electron chi connectivity index (χ3n) is 3.95. The number of carbonyl (C=O) groups is 1. The second-order valence-electron chi connectivity index (χ2n) is 5.97. The van der Waals surface area contributed by atoms with Gasteiger partial charge in [0, 0.05) is 25.8 Å². The minimum atomic E-state index is -0.237. The average molecular weight is 341 g/mol. The summed E-state index contributed by atoms with van der Waals surface area (Å²) in [6.45, 7) is 2.95. The standard InChI is InChI=1S/C19H23N3O3/c1-20-19(23)21-16-7-9-17(10-8-16)25-18-11-22(12-18)14-24-13-15-5-3-2-4-6-15/h2-10,18H,11-14H2,1H3,(H2,20,21,23). The lowest BCUT2D eigenvalue weighted by Crippen LogP contribution is -2.54. The smallest absolute Gasteiger partial charge is 0.318 e. The molecule has 2 amide bonds. The fourth-order valence-electron chi connectivity index (χ4n) is 2.57. The highest BCUT2D eigenvalue weighted by Crippen LogP contribution is 2.20. The van der Waals surface area contributed by atoms with E-state index in [1.165, 1.54) is 5.56 Å². The van der Waals surface area contributed by atoms with Gasteiger partial charge in [-0.1, -0.05) is 30.3 Å². The van der Waals surface area contributed by atoms with E-state index in [1.54, 1.807) is 7.05 Å². The largest absolute Gasteiger partial charge is 0.488 e. The lowest BCUT2D eigenvalue weighted by Gasteiger charge is -2.38. The van der Waals surface area contributed by atoms with Crippen LogP contribution in [0.25, 0.3) is 0 Å². The number of carbonyl (C=O) groups excluding carboxylic acids is 1. The van der Waals surface area contributed by atoms with Gasteiger partial charge in [0.15, 0.2) is 0 Å². The number of ether oxygens (including phenoxy) is 2. The van der Waals surface area contributed by atoms with Gasteiger partial charge in [0.05, 0.1) is 13.3 Å². The Morgan fingerprint density at radius 3 is 2.52 bits per heavy atom. The molecule has 0 bridgehead atoms. The van der Waals surface area contributed by atoms with Crippen LogP contribution in [0.5, 0.6) is 5.75 Å². The number of hydrogen-bond acceptors (Lipinski definition) is 4. The number of urea groups is 1. The Hall–Kier alpha value is -2.57. The Balaban J connectivity index is 1.34. The molecule has 2 aromatic rings. The maximum Gasteiger partial charge on any atom is 0.318 e. The first kappa shape index (κ1) is 17.3. The van der Waals surface area contributed by atoms with Gasteiger partial charge in [0.25, 0.3) is 0 Å². The van der Waals surface area contributed by atoms with Crippen molar-refractivity contribution in [2.24, 2.45) is 0 Å². The van der Waals surface area contributed by atoms with Crippen LogP contribution in [0.4, 0.5) is 10.5 Å². The number of nitrogens with one attached hydrogen (secondary N) is 2. The van der Waals surface area contributed by atoms with Crippen LogP contribution in [0.1, 0.15) is 5.56 Å². The van der Waals surface area contributed by atoms with Crippen molar-refractivity contribution in [2.45, 2.75) is 12.7 Å². The molecule has 0 unspecified atom stereocenters.